The number of para-hydroxylation sites is 1. The number of hydrogen-bond acceptors (Lipinski definition) is 5. The summed E-state index contributed by atoms with van der Waals surface area (Å²) in [5.41, 5.74) is 7.30. The molecule has 0 bridgehead atoms. The monoisotopic (exact) mass is 399 g/mol. The Morgan fingerprint density at radius 3 is 2.81 bits per heavy atom. The number of rotatable bonds is 4. The highest BCUT2D eigenvalue weighted by Crippen LogP contribution is 2.37. The van der Waals surface area contributed by atoms with E-state index in [0.717, 1.165) is 40.7 Å². The van der Waals surface area contributed by atoms with Gasteiger partial charge in [0, 0.05) is 4.88 Å². The van der Waals surface area contributed by atoms with Gasteiger partial charge in [0.25, 0.3) is 5.56 Å². The van der Waals surface area contributed by atoms with Gasteiger partial charge in [0.2, 0.25) is 5.91 Å². The first-order valence-corrected chi connectivity index (χ1v) is 10.7. The summed E-state index contributed by atoms with van der Waals surface area (Å²) in [4.78, 5) is 31.9. The van der Waals surface area contributed by atoms with E-state index in [1.165, 1.54) is 16.6 Å². The van der Waals surface area contributed by atoms with Crippen LogP contribution in [0.4, 0.5) is 0 Å². The molecule has 0 spiro atoms. The molecule has 2 heterocycles. The number of carbonyl (C=O) groups excluding carboxylic acids is 1. The fourth-order valence-electron chi connectivity index (χ4n) is 3.47. The number of fused-ring (bicyclic) bond motifs is 3. The second kappa shape index (κ2) is 7.13. The summed E-state index contributed by atoms with van der Waals surface area (Å²) in [7, 11) is 0. The van der Waals surface area contributed by atoms with E-state index >= 15 is 0 Å². The maximum absolute atomic E-state index is 13.5. The minimum atomic E-state index is -0.473. The molecule has 4 rings (SSSR count). The molecule has 1 amide bonds. The molecule has 1 aliphatic rings. The molecule has 2 atom stereocenters. The lowest BCUT2D eigenvalue weighted by Crippen LogP contribution is -2.26. The first kappa shape index (κ1) is 18.3. The molecule has 7 heteroatoms. The van der Waals surface area contributed by atoms with E-state index in [1.54, 1.807) is 22.8 Å². The third-order valence-corrected chi connectivity index (χ3v) is 7.21. The molecule has 2 aromatic heterocycles. The second-order valence-electron chi connectivity index (χ2n) is 7.06. The molecule has 0 saturated heterocycles. The lowest BCUT2D eigenvalue weighted by Gasteiger charge is -2.18. The third-order valence-electron chi connectivity index (χ3n) is 5.00. The fourth-order valence-corrected chi connectivity index (χ4v) is 5.77. The van der Waals surface area contributed by atoms with Crippen LogP contribution in [0.15, 0.2) is 40.3 Å². The van der Waals surface area contributed by atoms with Crippen molar-refractivity contribution in [2.45, 2.75) is 43.5 Å². The number of nitrogens with two attached hydrogens (primary N) is 1. The van der Waals surface area contributed by atoms with Gasteiger partial charge in [-0.2, -0.15) is 0 Å². The van der Waals surface area contributed by atoms with Gasteiger partial charge < -0.3 is 5.73 Å². The van der Waals surface area contributed by atoms with Gasteiger partial charge in [0.15, 0.2) is 5.16 Å². The number of carbonyl (C=O) groups is 1. The minimum absolute atomic E-state index is 0.0579. The van der Waals surface area contributed by atoms with Crippen molar-refractivity contribution >= 4 is 39.2 Å². The van der Waals surface area contributed by atoms with Crippen LogP contribution >= 0.6 is 23.1 Å². The molecule has 1 aliphatic carbocycles. The Balaban J connectivity index is 1.97. The summed E-state index contributed by atoms with van der Waals surface area (Å²) in [5, 5.41) is 0.775. The highest BCUT2D eigenvalue weighted by atomic mass is 32.2. The van der Waals surface area contributed by atoms with Crippen LogP contribution in [-0.2, 0) is 17.6 Å². The van der Waals surface area contributed by atoms with Gasteiger partial charge in [-0.15, -0.1) is 11.3 Å². The summed E-state index contributed by atoms with van der Waals surface area (Å²) in [6.45, 7) is 3.98. The zero-order valence-electron chi connectivity index (χ0n) is 15.3. The first-order valence-electron chi connectivity index (χ1n) is 9.04. The largest absolute Gasteiger partial charge is 0.369 e. The van der Waals surface area contributed by atoms with E-state index in [-0.39, 0.29) is 5.56 Å². The van der Waals surface area contributed by atoms with E-state index in [9.17, 15) is 9.59 Å². The highest BCUT2D eigenvalue weighted by molar-refractivity contribution is 8.00. The third kappa shape index (κ3) is 3.30. The van der Waals surface area contributed by atoms with E-state index < -0.39 is 11.2 Å². The Bertz CT molecular complexity index is 1070. The number of amides is 1. The van der Waals surface area contributed by atoms with Crippen LogP contribution in [0.25, 0.3) is 15.9 Å². The fraction of sp³-hybridized carbons (Fsp3) is 0.350. The van der Waals surface area contributed by atoms with Gasteiger partial charge in [-0.05, 0) is 49.8 Å². The second-order valence-corrected chi connectivity index (χ2v) is 9.46. The Morgan fingerprint density at radius 1 is 1.37 bits per heavy atom. The molecule has 1 aromatic carbocycles. The molecule has 0 unspecified atom stereocenters. The summed E-state index contributed by atoms with van der Waals surface area (Å²) in [5.74, 6) is 0.207. The lowest BCUT2D eigenvalue weighted by molar-refractivity contribution is -0.117. The van der Waals surface area contributed by atoms with Crippen LogP contribution < -0.4 is 11.3 Å². The topological polar surface area (TPSA) is 78.0 Å². The summed E-state index contributed by atoms with van der Waals surface area (Å²) in [6.07, 6.45) is 3.02. The normalized spacial score (nSPS) is 17.6. The van der Waals surface area contributed by atoms with Gasteiger partial charge in [-0.3, -0.25) is 14.2 Å². The van der Waals surface area contributed by atoms with E-state index in [2.05, 4.69) is 6.92 Å². The lowest BCUT2D eigenvalue weighted by atomic mass is 9.89. The van der Waals surface area contributed by atoms with Crippen LogP contribution in [0.5, 0.6) is 0 Å². The maximum Gasteiger partial charge on any atom is 0.267 e. The summed E-state index contributed by atoms with van der Waals surface area (Å²) >= 11 is 2.85. The molecular weight excluding hydrogens is 378 g/mol. The van der Waals surface area contributed by atoms with Crippen LogP contribution in [0, 0.1) is 5.92 Å². The predicted octanol–water partition coefficient (Wildman–Crippen LogP) is 3.54. The predicted molar refractivity (Wildman–Crippen MR) is 111 cm³/mol. The molecule has 0 radical (unpaired) electrons. The average molecular weight is 400 g/mol. The highest BCUT2D eigenvalue weighted by Gasteiger charge is 2.26. The van der Waals surface area contributed by atoms with Crippen LogP contribution in [-0.4, -0.2) is 20.7 Å². The number of primary amides is 1. The summed E-state index contributed by atoms with van der Waals surface area (Å²) < 4.78 is 1.62. The minimum Gasteiger partial charge on any atom is -0.369 e. The molecule has 5 nitrogen and oxygen atoms in total. The first-order chi connectivity index (χ1) is 13.0. The van der Waals surface area contributed by atoms with Crippen molar-refractivity contribution in [3.63, 3.8) is 0 Å². The zero-order chi connectivity index (χ0) is 19.1. The molecule has 140 valence electrons. The Hall–Kier alpha value is -2.12. The number of thioether (sulfide) groups is 1. The van der Waals surface area contributed by atoms with E-state index in [0.29, 0.717) is 11.1 Å². The number of aromatic nitrogens is 2. The van der Waals surface area contributed by atoms with Crippen molar-refractivity contribution < 1.29 is 4.79 Å². The van der Waals surface area contributed by atoms with Crippen LogP contribution in [0.1, 0.15) is 30.7 Å². The quantitative estimate of drug-likeness (QED) is 0.538. The van der Waals surface area contributed by atoms with Crippen molar-refractivity contribution in [1.82, 2.24) is 9.55 Å². The molecule has 3 aromatic rings. The van der Waals surface area contributed by atoms with Crippen LogP contribution in [0.3, 0.4) is 0 Å². The van der Waals surface area contributed by atoms with Crippen molar-refractivity contribution in [2.24, 2.45) is 11.7 Å². The maximum atomic E-state index is 13.5. The Kier molecular flexibility index (Phi) is 4.82. The number of benzene rings is 1. The van der Waals surface area contributed by atoms with Gasteiger partial charge in [-0.25, -0.2) is 4.98 Å². The van der Waals surface area contributed by atoms with Gasteiger partial charge in [0.1, 0.15) is 4.83 Å². The van der Waals surface area contributed by atoms with Crippen LogP contribution in [0.2, 0.25) is 0 Å². The molecule has 2 N–H and O–H groups in total. The smallest absolute Gasteiger partial charge is 0.267 e. The van der Waals surface area contributed by atoms with E-state index in [4.69, 9.17) is 10.7 Å². The number of thiophene rings is 1. The number of aryl methyl sites for hydroxylation is 1. The summed E-state index contributed by atoms with van der Waals surface area (Å²) in [6, 6.07) is 9.46. The molecule has 0 fully saturated rings. The molecule has 0 saturated carbocycles. The standard InChI is InChI=1S/C20H21N3O2S2/c1-11-8-9-14-15(10-11)27-18-16(14)19(25)23(13-6-4-3-5-7-13)20(22-18)26-12(2)17(21)24/h3-7,11-12H,8-10H2,1-2H3,(H2,21,24)/t11-,12+/m1/s1. The zero-order valence-corrected chi connectivity index (χ0v) is 16.9. The van der Waals surface area contributed by atoms with Crippen molar-refractivity contribution in [2.75, 3.05) is 0 Å². The molecule has 27 heavy (non-hydrogen) atoms. The van der Waals surface area contributed by atoms with Crippen molar-refractivity contribution in [3.05, 3.63) is 51.1 Å². The SMILES string of the molecule is C[C@@H]1CCc2c(sc3nc(S[C@@H](C)C(N)=O)n(-c4ccccc4)c(=O)c23)C1. The van der Waals surface area contributed by atoms with Crippen molar-refractivity contribution in [3.8, 4) is 5.69 Å². The molecule has 0 aliphatic heterocycles. The van der Waals surface area contributed by atoms with Gasteiger partial charge >= 0.3 is 0 Å². The Morgan fingerprint density at radius 2 is 2.11 bits per heavy atom. The molecular formula is C20H21N3O2S2. The number of nitrogens with zero attached hydrogens (tertiary/aromatic N) is 2. The van der Waals surface area contributed by atoms with E-state index in [1.807, 2.05) is 30.3 Å². The van der Waals surface area contributed by atoms with Gasteiger partial charge in [-0.1, -0.05) is 36.9 Å². The number of hydrogen-bond donors (Lipinski definition) is 1. The van der Waals surface area contributed by atoms with Gasteiger partial charge in [0.05, 0.1) is 16.3 Å². The Labute approximate surface area is 165 Å². The van der Waals surface area contributed by atoms with Crippen molar-refractivity contribution in [1.29, 1.82) is 0 Å². The average Bonchev–Trinajstić information content (AvgIpc) is 2.99.